The van der Waals surface area contributed by atoms with Gasteiger partial charge in [-0.3, -0.25) is 4.79 Å². The van der Waals surface area contributed by atoms with Gasteiger partial charge in [0.05, 0.1) is 5.92 Å². The van der Waals surface area contributed by atoms with E-state index in [4.69, 9.17) is 0 Å². The Morgan fingerprint density at radius 3 is 2.46 bits per heavy atom. The predicted octanol–water partition coefficient (Wildman–Crippen LogP) is 2.89. The fourth-order valence-corrected chi connectivity index (χ4v) is 4.70. The number of halogens is 3. The first kappa shape index (κ1) is 17.5. The maximum Gasteiger partial charge on any atom is 0.433 e. The van der Waals surface area contributed by atoms with Gasteiger partial charge in [-0.05, 0) is 38.0 Å². The number of anilines is 1. The number of carbonyl (C=O) groups excluding carboxylic acids is 1. The smallest absolute Gasteiger partial charge is 0.356 e. The maximum atomic E-state index is 13.0. The zero-order chi connectivity index (χ0) is 18.5. The molecule has 3 aliphatic rings. The van der Waals surface area contributed by atoms with Crippen molar-refractivity contribution < 1.29 is 18.0 Å². The van der Waals surface area contributed by atoms with E-state index in [1.165, 1.54) is 26.2 Å². The molecular weight excluding hydrogens is 345 g/mol. The van der Waals surface area contributed by atoms with Gasteiger partial charge in [0.25, 0.3) is 0 Å². The third-order valence-electron chi connectivity index (χ3n) is 6.01. The average Bonchev–Trinajstić information content (AvgIpc) is 3.28. The molecule has 2 saturated heterocycles. The molecule has 1 aromatic rings. The zero-order valence-corrected chi connectivity index (χ0v) is 14.8. The number of nitrogens with zero attached hydrogens (tertiary/aromatic N) is 4. The van der Waals surface area contributed by atoms with E-state index in [0.29, 0.717) is 31.3 Å². The van der Waals surface area contributed by atoms with E-state index in [0.717, 1.165) is 19.2 Å². The van der Waals surface area contributed by atoms with Crippen molar-refractivity contribution in [2.45, 2.75) is 38.8 Å². The summed E-state index contributed by atoms with van der Waals surface area (Å²) in [6.07, 6.45) is -0.139. The first-order chi connectivity index (χ1) is 12.3. The van der Waals surface area contributed by atoms with Crippen LogP contribution in [0, 0.1) is 24.7 Å². The van der Waals surface area contributed by atoms with Crippen molar-refractivity contribution in [3.8, 4) is 0 Å². The summed E-state index contributed by atoms with van der Waals surface area (Å²) in [6, 6.07) is 0.986. The van der Waals surface area contributed by atoms with Gasteiger partial charge in [-0.1, -0.05) is 6.42 Å². The summed E-state index contributed by atoms with van der Waals surface area (Å²) in [5, 5.41) is 0. The molecule has 142 valence electrons. The Balaban J connectivity index is 1.44. The summed E-state index contributed by atoms with van der Waals surface area (Å²) < 4.78 is 39.0. The summed E-state index contributed by atoms with van der Waals surface area (Å²) in [6.45, 7) is 4.14. The van der Waals surface area contributed by atoms with Gasteiger partial charge in [0.15, 0.2) is 0 Å². The number of alkyl halides is 3. The van der Waals surface area contributed by atoms with Gasteiger partial charge in [-0.2, -0.15) is 13.2 Å². The lowest BCUT2D eigenvalue weighted by molar-refractivity contribution is -0.141. The van der Waals surface area contributed by atoms with Gasteiger partial charge in [0, 0.05) is 32.2 Å². The van der Waals surface area contributed by atoms with Crippen LogP contribution in [0.2, 0.25) is 0 Å². The molecule has 0 bridgehead atoms. The second kappa shape index (κ2) is 6.39. The molecule has 5 nitrogen and oxygen atoms in total. The molecule has 3 unspecified atom stereocenters. The Hall–Kier alpha value is -1.86. The fourth-order valence-electron chi connectivity index (χ4n) is 4.70. The molecule has 26 heavy (non-hydrogen) atoms. The molecule has 1 aliphatic carbocycles. The molecule has 0 N–H and O–H groups in total. The van der Waals surface area contributed by atoms with Crippen molar-refractivity contribution in [3.63, 3.8) is 0 Å². The fraction of sp³-hybridized carbons (Fsp3) is 0.722. The third kappa shape index (κ3) is 3.25. The minimum absolute atomic E-state index is 0.0944. The molecule has 2 aliphatic heterocycles. The first-order valence-electron chi connectivity index (χ1n) is 9.28. The molecule has 1 amide bonds. The number of amides is 1. The lowest BCUT2D eigenvalue weighted by atomic mass is 10.0. The van der Waals surface area contributed by atoms with Crippen molar-refractivity contribution in [1.82, 2.24) is 14.9 Å². The van der Waals surface area contributed by atoms with Crippen LogP contribution in [-0.4, -0.2) is 47.0 Å². The molecule has 3 atom stereocenters. The maximum absolute atomic E-state index is 13.0. The normalized spacial score (nSPS) is 28.7. The number of rotatable bonds is 2. The highest BCUT2D eigenvalue weighted by Crippen LogP contribution is 2.39. The van der Waals surface area contributed by atoms with Crippen LogP contribution in [0.5, 0.6) is 0 Å². The lowest BCUT2D eigenvalue weighted by Crippen LogP contribution is -2.36. The molecule has 0 spiro atoms. The van der Waals surface area contributed by atoms with Crippen LogP contribution in [0.15, 0.2) is 6.07 Å². The Bertz CT molecular complexity index is 696. The molecule has 1 saturated carbocycles. The van der Waals surface area contributed by atoms with E-state index < -0.39 is 11.9 Å². The van der Waals surface area contributed by atoms with Crippen LogP contribution in [0.3, 0.4) is 0 Å². The van der Waals surface area contributed by atoms with Crippen molar-refractivity contribution >= 4 is 11.7 Å². The molecule has 3 heterocycles. The number of likely N-dealkylation sites (tertiary alicyclic amines) is 1. The monoisotopic (exact) mass is 368 g/mol. The van der Waals surface area contributed by atoms with Crippen LogP contribution in [0.25, 0.3) is 0 Å². The summed E-state index contributed by atoms with van der Waals surface area (Å²) in [4.78, 5) is 24.2. The Morgan fingerprint density at radius 2 is 1.81 bits per heavy atom. The standard InChI is InChI=1S/C18H23F3N4O/c1-11-22-15(18(19,20)21)7-16(23-11)24-6-5-14(10-24)17(26)25-8-12-3-2-4-13(12)9-25/h7,12-14H,2-6,8-10H2,1H3. The van der Waals surface area contributed by atoms with E-state index in [1.807, 2.05) is 4.90 Å². The Labute approximate surface area is 150 Å². The van der Waals surface area contributed by atoms with Gasteiger partial charge in [-0.15, -0.1) is 0 Å². The lowest BCUT2D eigenvalue weighted by Gasteiger charge is -2.22. The summed E-state index contributed by atoms with van der Waals surface area (Å²) >= 11 is 0. The van der Waals surface area contributed by atoms with Crippen molar-refractivity contribution in [2.24, 2.45) is 17.8 Å². The predicted molar refractivity (Wildman–Crippen MR) is 89.5 cm³/mol. The average molecular weight is 368 g/mol. The number of aromatic nitrogens is 2. The van der Waals surface area contributed by atoms with E-state index in [9.17, 15) is 18.0 Å². The number of hydrogen-bond acceptors (Lipinski definition) is 4. The molecule has 8 heteroatoms. The highest BCUT2D eigenvalue weighted by Gasteiger charge is 2.41. The van der Waals surface area contributed by atoms with Crippen molar-refractivity contribution in [1.29, 1.82) is 0 Å². The number of aryl methyl sites for hydroxylation is 1. The summed E-state index contributed by atoms with van der Waals surface area (Å²) in [5.74, 6) is 1.66. The minimum atomic E-state index is -4.50. The van der Waals surface area contributed by atoms with Crippen molar-refractivity contribution in [3.05, 3.63) is 17.6 Å². The van der Waals surface area contributed by atoms with E-state index in [-0.39, 0.29) is 23.5 Å². The first-order valence-corrected chi connectivity index (χ1v) is 9.28. The molecule has 1 aromatic heterocycles. The van der Waals surface area contributed by atoms with Gasteiger partial charge >= 0.3 is 6.18 Å². The van der Waals surface area contributed by atoms with E-state index in [1.54, 1.807) is 4.90 Å². The zero-order valence-electron chi connectivity index (χ0n) is 14.8. The van der Waals surface area contributed by atoms with Crippen molar-refractivity contribution in [2.75, 3.05) is 31.1 Å². The molecular formula is C18H23F3N4O. The third-order valence-corrected chi connectivity index (χ3v) is 6.01. The quantitative estimate of drug-likeness (QED) is 0.806. The van der Waals surface area contributed by atoms with Crippen LogP contribution in [-0.2, 0) is 11.0 Å². The molecule has 0 aromatic carbocycles. The number of carbonyl (C=O) groups is 1. The Kier molecular flexibility index (Phi) is 4.31. The highest BCUT2D eigenvalue weighted by molar-refractivity contribution is 5.80. The van der Waals surface area contributed by atoms with Gasteiger partial charge < -0.3 is 9.80 Å². The number of hydrogen-bond donors (Lipinski definition) is 0. The SMILES string of the molecule is Cc1nc(N2CCC(C(=O)N3CC4CCCC4C3)C2)cc(C(F)(F)F)n1. The molecule has 4 rings (SSSR count). The van der Waals surface area contributed by atoms with Gasteiger partial charge in [0.2, 0.25) is 5.91 Å². The minimum Gasteiger partial charge on any atom is -0.356 e. The van der Waals surface area contributed by atoms with Crippen LogP contribution in [0.1, 0.15) is 37.2 Å². The largest absolute Gasteiger partial charge is 0.433 e. The Morgan fingerprint density at radius 1 is 1.12 bits per heavy atom. The molecule has 0 radical (unpaired) electrons. The number of fused-ring (bicyclic) bond motifs is 1. The van der Waals surface area contributed by atoms with Crippen LogP contribution < -0.4 is 4.90 Å². The summed E-state index contributed by atoms with van der Waals surface area (Å²) in [5.41, 5.74) is -0.929. The van der Waals surface area contributed by atoms with E-state index >= 15 is 0 Å². The summed E-state index contributed by atoms with van der Waals surface area (Å²) in [7, 11) is 0. The van der Waals surface area contributed by atoms with E-state index in [2.05, 4.69) is 9.97 Å². The second-order valence-electron chi connectivity index (χ2n) is 7.78. The topological polar surface area (TPSA) is 49.3 Å². The molecule has 3 fully saturated rings. The highest BCUT2D eigenvalue weighted by atomic mass is 19.4. The van der Waals surface area contributed by atoms with Crippen LogP contribution in [0.4, 0.5) is 19.0 Å². The second-order valence-corrected chi connectivity index (χ2v) is 7.78. The van der Waals surface area contributed by atoms with Crippen LogP contribution >= 0.6 is 0 Å². The van der Waals surface area contributed by atoms with Gasteiger partial charge in [0.1, 0.15) is 17.3 Å². The van der Waals surface area contributed by atoms with Gasteiger partial charge in [-0.25, -0.2) is 9.97 Å².